The van der Waals surface area contributed by atoms with Crippen LogP contribution in [0, 0.1) is 0 Å². The zero-order chi connectivity index (χ0) is 18.2. The van der Waals surface area contributed by atoms with Gasteiger partial charge in [-0.1, -0.05) is 18.2 Å². The third kappa shape index (κ3) is 4.84. The summed E-state index contributed by atoms with van der Waals surface area (Å²) in [6, 6.07) is 1.93. The summed E-state index contributed by atoms with van der Waals surface area (Å²) in [6.07, 6.45) is 7.46. The highest BCUT2D eigenvalue weighted by atomic mass is 16.5. The number of nitrogens with zero attached hydrogens (tertiary/aromatic N) is 3. The van der Waals surface area contributed by atoms with Gasteiger partial charge in [0.2, 0.25) is 5.95 Å². The Balaban J connectivity index is 2.33. The molecule has 0 radical (unpaired) electrons. The molecule has 0 fully saturated rings. The van der Waals surface area contributed by atoms with Gasteiger partial charge in [0.15, 0.2) is 5.82 Å². The second-order valence-corrected chi connectivity index (χ2v) is 5.53. The molecule has 0 aromatic carbocycles. The van der Waals surface area contributed by atoms with Crippen LogP contribution in [0.1, 0.15) is 6.92 Å². The summed E-state index contributed by atoms with van der Waals surface area (Å²) >= 11 is 0. The molecule has 0 atom stereocenters. The van der Waals surface area contributed by atoms with Crippen LogP contribution in [0.15, 0.2) is 48.4 Å². The smallest absolute Gasteiger partial charge is 0.222 e. The van der Waals surface area contributed by atoms with Gasteiger partial charge in [0.25, 0.3) is 0 Å². The first kappa shape index (κ1) is 18.5. The van der Waals surface area contributed by atoms with Crippen molar-refractivity contribution >= 4 is 22.8 Å². The molecule has 25 heavy (non-hydrogen) atoms. The number of ether oxygens (including phenoxy) is 2. The number of aromatic nitrogens is 3. The molecule has 2 aromatic heterocycles. The largest absolute Gasteiger partial charge is 0.497 e. The van der Waals surface area contributed by atoms with Gasteiger partial charge in [-0.3, -0.25) is 0 Å². The van der Waals surface area contributed by atoms with E-state index in [-0.39, 0.29) is 5.95 Å². The number of hydrogen-bond acceptors (Lipinski definition) is 6. The van der Waals surface area contributed by atoms with Crippen LogP contribution in [0.5, 0.6) is 0 Å². The molecule has 0 amide bonds. The number of hydrogen-bond donors (Lipinski definition) is 2. The number of anilines is 2. The number of allylic oxidation sites excluding steroid dienone is 4. The molecule has 0 aliphatic rings. The predicted octanol–water partition coefficient (Wildman–Crippen LogP) is 2.73. The summed E-state index contributed by atoms with van der Waals surface area (Å²) in [4.78, 5) is 8.64. The Morgan fingerprint density at radius 2 is 2.20 bits per heavy atom. The van der Waals surface area contributed by atoms with Crippen LogP contribution in [-0.4, -0.2) is 41.9 Å². The van der Waals surface area contributed by atoms with E-state index in [0.29, 0.717) is 25.5 Å². The van der Waals surface area contributed by atoms with E-state index < -0.39 is 0 Å². The highest BCUT2D eigenvalue weighted by molar-refractivity contribution is 5.87. The summed E-state index contributed by atoms with van der Waals surface area (Å²) in [6.45, 7) is 7.62. The van der Waals surface area contributed by atoms with Crippen LogP contribution in [0.2, 0.25) is 0 Å². The number of nitrogens with two attached hydrogens (primary N) is 1. The minimum Gasteiger partial charge on any atom is -0.497 e. The highest BCUT2D eigenvalue weighted by Gasteiger charge is 2.11. The van der Waals surface area contributed by atoms with Crippen molar-refractivity contribution in [2.24, 2.45) is 0 Å². The monoisotopic (exact) mass is 343 g/mol. The van der Waals surface area contributed by atoms with Crippen molar-refractivity contribution in [3.05, 3.63) is 48.4 Å². The van der Waals surface area contributed by atoms with E-state index in [9.17, 15) is 0 Å². The molecule has 7 heteroatoms. The van der Waals surface area contributed by atoms with Crippen molar-refractivity contribution in [2.75, 3.05) is 38.4 Å². The first-order chi connectivity index (χ1) is 12.1. The van der Waals surface area contributed by atoms with Gasteiger partial charge in [0, 0.05) is 26.4 Å². The van der Waals surface area contributed by atoms with E-state index >= 15 is 0 Å². The van der Waals surface area contributed by atoms with Crippen LogP contribution in [0.25, 0.3) is 11.0 Å². The minimum atomic E-state index is 0.244. The molecule has 2 heterocycles. The van der Waals surface area contributed by atoms with Gasteiger partial charge >= 0.3 is 0 Å². The summed E-state index contributed by atoms with van der Waals surface area (Å²) in [5, 5.41) is 3.26. The number of methoxy groups -OCH3 is 2. The second kappa shape index (κ2) is 8.89. The third-order valence-electron chi connectivity index (χ3n) is 3.55. The summed E-state index contributed by atoms with van der Waals surface area (Å²) < 4.78 is 12.5. The van der Waals surface area contributed by atoms with E-state index in [1.54, 1.807) is 20.3 Å². The van der Waals surface area contributed by atoms with Crippen LogP contribution < -0.4 is 11.1 Å². The average Bonchev–Trinajstić information content (AvgIpc) is 2.97. The van der Waals surface area contributed by atoms with Gasteiger partial charge < -0.3 is 25.1 Å². The zero-order valence-corrected chi connectivity index (χ0v) is 15.0. The number of fused-ring (bicyclic) bond motifs is 1. The van der Waals surface area contributed by atoms with Crippen molar-refractivity contribution in [2.45, 2.75) is 13.5 Å². The third-order valence-corrected chi connectivity index (χ3v) is 3.55. The molecule has 0 bridgehead atoms. The van der Waals surface area contributed by atoms with Crippen molar-refractivity contribution in [1.29, 1.82) is 0 Å². The fourth-order valence-corrected chi connectivity index (χ4v) is 2.50. The lowest BCUT2D eigenvalue weighted by Gasteiger charge is -2.12. The molecule has 134 valence electrons. The zero-order valence-electron chi connectivity index (χ0n) is 15.0. The van der Waals surface area contributed by atoms with Crippen LogP contribution in [0.3, 0.4) is 0 Å². The SMILES string of the molecule is C=C/C=C(\C=C(/C)Cn1ccc2nc(N)nc(NCCOC)c21)OC. The van der Waals surface area contributed by atoms with Crippen LogP contribution in [-0.2, 0) is 16.0 Å². The van der Waals surface area contributed by atoms with Crippen molar-refractivity contribution in [3.63, 3.8) is 0 Å². The Labute approximate surface area is 147 Å². The maximum Gasteiger partial charge on any atom is 0.222 e. The quantitative estimate of drug-likeness (QED) is 0.413. The summed E-state index contributed by atoms with van der Waals surface area (Å²) in [7, 11) is 3.30. The first-order valence-electron chi connectivity index (χ1n) is 7.98. The lowest BCUT2D eigenvalue weighted by atomic mass is 10.2. The van der Waals surface area contributed by atoms with E-state index in [2.05, 4.69) is 26.4 Å². The van der Waals surface area contributed by atoms with E-state index in [1.165, 1.54) is 0 Å². The molecule has 0 spiro atoms. The molecular weight excluding hydrogens is 318 g/mol. The fourth-order valence-electron chi connectivity index (χ4n) is 2.50. The molecule has 0 aliphatic carbocycles. The van der Waals surface area contributed by atoms with Gasteiger partial charge in [-0.25, -0.2) is 4.98 Å². The average molecular weight is 343 g/mol. The molecule has 0 saturated heterocycles. The maximum atomic E-state index is 5.81. The molecule has 0 aliphatic heterocycles. The molecular formula is C18H25N5O2. The van der Waals surface area contributed by atoms with E-state index in [0.717, 1.165) is 22.4 Å². The van der Waals surface area contributed by atoms with Gasteiger partial charge in [0.05, 0.1) is 19.2 Å². The van der Waals surface area contributed by atoms with Crippen molar-refractivity contribution in [1.82, 2.24) is 14.5 Å². The Hall–Kier alpha value is -2.80. The molecule has 0 saturated carbocycles. The van der Waals surface area contributed by atoms with Gasteiger partial charge in [-0.15, -0.1) is 0 Å². The molecule has 2 rings (SSSR count). The van der Waals surface area contributed by atoms with Gasteiger partial charge in [-0.05, 0) is 25.1 Å². The van der Waals surface area contributed by atoms with Gasteiger partial charge in [-0.2, -0.15) is 4.98 Å². The lowest BCUT2D eigenvalue weighted by Crippen LogP contribution is -2.12. The van der Waals surface area contributed by atoms with Crippen molar-refractivity contribution < 1.29 is 9.47 Å². The molecule has 7 nitrogen and oxygen atoms in total. The van der Waals surface area contributed by atoms with Crippen LogP contribution in [0.4, 0.5) is 11.8 Å². The van der Waals surface area contributed by atoms with Crippen molar-refractivity contribution in [3.8, 4) is 0 Å². The standard InChI is InChI=1S/C18H25N5O2/c1-5-6-14(25-4)11-13(2)12-23-9-7-15-16(23)17(20-8-10-24-3)22-18(19)21-15/h5-7,9,11H,1,8,10,12H2,2-4H3,(H3,19,20,21,22)/b13-11+,14-6+. The normalized spacial score (nSPS) is 12.4. The van der Waals surface area contributed by atoms with E-state index in [4.69, 9.17) is 15.2 Å². The van der Waals surface area contributed by atoms with E-state index in [1.807, 2.05) is 31.3 Å². The molecule has 3 N–H and O–H groups in total. The minimum absolute atomic E-state index is 0.244. The molecule has 2 aromatic rings. The van der Waals surface area contributed by atoms with Crippen LogP contribution >= 0.6 is 0 Å². The number of rotatable bonds is 9. The lowest BCUT2D eigenvalue weighted by molar-refractivity contribution is 0.210. The summed E-state index contributed by atoms with van der Waals surface area (Å²) in [5.74, 6) is 1.70. The summed E-state index contributed by atoms with van der Waals surface area (Å²) in [5.41, 5.74) is 8.63. The number of nitrogen functional groups attached to an aromatic ring is 1. The Morgan fingerprint density at radius 1 is 1.40 bits per heavy atom. The Kier molecular flexibility index (Phi) is 6.59. The second-order valence-electron chi connectivity index (χ2n) is 5.53. The number of nitrogens with one attached hydrogen (secondary N) is 1. The topological polar surface area (TPSA) is 87.2 Å². The Bertz CT molecular complexity index is 792. The fraction of sp³-hybridized carbons (Fsp3) is 0.333. The Morgan fingerprint density at radius 3 is 2.88 bits per heavy atom. The highest BCUT2D eigenvalue weighted by Crippen LogP contribution is 2.23. The molecule has 0 unspecified atom stereocenters. The maximum absolute atomic E-state index is 5.81. The van der Waals surface area contributed by atoms with Gasteiger partial charge in [0.1, 0.15) is 11.3 Å². The first-order valence-corrected chi connectivity index (χ1v) is 7.98. The predicted molar refractivity (Wildman–Crippen MR) is 101 cm³/mol.